The zero-order chi connectivity index (χ0) is 28.7. The number of carbonyl (C=O) groups is 1. The Labute approximate surface area is 224 Å². The Morgan fingerprint density at radius 2 is 1.73 bits per heavy atom. The fourth-order valence-electron chi connectivity index (χ4n) is 4.97. The van der Waals surface area contributed by atoms with Gasteiger partial charge in [-0.25, -0.2) is 27.0 Å². The molecule has 5 rings (SSSR count). The van der Waals surface area contributed by atoms with Gasteiger partial charge in [0.05, 0.1) is 16.9 Å². The number of aromatic nitrogens is 4. The van der Waals surface area contributed by atoms with Gasteiger partial charge in [0.25, 0.3) is 5.91 Å². The van der Waals surface area contributed by atoms with Crippen LogP contribution in [0.1, 0.15) is 40.6 Å². The van der Waals surface area contributed by atoms with Crippen molar-refractivity contribution in [2.45, 2.75) is 25.8 Å². The number of halogens is 4. The molecule has 2 aromatic carbocycles. The van der Waals surface area contributed by atoms with Gasteiger partial charge in [-0.2, -0.15) is 5.10 Å². The van der Waals surface area contributed by atoms with E-state index in [1.54, 1.807) is 19.1 Å². The Kier molecular flexibility index (Phi) is 6.96. The van der Waals surface area contributed by atoms with E-state index < -0.39 is 34.9 Å². The molecule has 13 heteroatoms. The van der Waals surface area contributed by atoms with Gasteiger partial charge in [0.2, 0.25) is 0 Å². The predicted octanol–water partition coefficient (Wildman–Crippen LogP) is 4.54. The number of nitrogens with one attached hydrogen (secondary N) is 3. The number of carbonyl (C=O) groups excluding carboxylic acids is 1. The first kappa shape index (κ1) is 26.8. The molecule has 2 aromatic heterocycles. The predicted molar refractivity (Wildman–Crippen MR) is 140 cm³/mol. The lowest BCUT2D eigenvalue weighted by atomic mass is 10.0. The van der Waals surface area contributed by atoms with Gasteiger partial charge in [-0.05, 0) is 43.5 Å². The van der Waals surface area contributed by atoms with E-state index in [2.05, 4.69) is 10.1 Å². The van der Waals surface area contributed by atoms with Gasteiger partial charge >= 0.3 is 5.69 Å². The van der Waals surface area contributed by atoms with E-state index >= 15 is 0 Å². The second-order valence-electron chi connectivity index (χ2n) is 9.40. The molecule has 4 aromatic rings. The molecular weight excluding hydrogens is 530 g/mol. The Bertz CT molecular complexity index is 1740. The number of hydrogen-bond donors (Lipinski definition) is 3. The Balaban J connectivity index is 1.45. The molecule has 0 unspecified atom stereocenters. The van der Waals surface area contributed by atoms with Crippen LogP contribution in [-0.2, 0) is 0 Å². The van der Waals surface area contributed by atoms with E-state index in [4.69, 9.17) is 10.8 Å². The van der Waals surface area contributed by atoms with E-state index in [1.807, 2.05) is 0 Å². The summed E-state index contributed by atoms with van der Waals surface area (Å²) < 4.78 is 58.9. The van der Waals surface area contributed by atoms with Crippen LogP contribution in [0.15, 0.2) is 41.2 Å². The molecule has 1 aliphatic heterocycles. The smallest absolute Gasteiger partial charge is 0.326 e. The zero-order valence-corrected chi connectivity index (χ0v) is 21.1. The lowest BCUT2D eigenvalue weighted by molar-refractivity contribution is 0.0688. The average Bonchev–Trinajstić information content (AvgIpc) is 3.53. The number of likely N-dealkylation sites (tertiary alicyclic amines) is 1. The van der Waals surface area contributed by atoms with Crippen LogP contribution in [-0.4, -0.2) is 55.7 Å². The molecule has 206 valence electrons. The highest BCUT2D eigenvalue weighted by atomic mass is 19.2. The summed E-state index contributed by atoms with van der Waals surface area (Å²) in [6.45, 7) is 2.04. The van der Waals surface area contributed by atoms with Crippen LogP contribution in [0, 0.1) is 41.0 Å². The third kappa shape index (κ3) is 4.52. The van der Waals surface area contributed by atoms with Crippen molar-refractivity contribution in [1.82, 2.24) is 24.2 Å². The number of H-pyrrole nitrogens is 1. The highest BCUT2D eigenvalue weighted by Crippen LogP contribution is 2.29. The summed E-state index contributed by atoms with van der Waals surface area (Å²) in [6, 6.07) is 5.60. The van der Waals surface area contributed by atoms with Gasteiger partial charge < -0.3 is 20.7 Å². The zero-order valence-electron chi connectivity index (χ0n) is 21.1. The minimum atomic E-state index is -1.66. The van der Waals surface area contributed by atoms with Crippen molar-refractivity contribution in [2.24, 2.45) is 0 Å². The maximum Gasteiger partial charge on any atom is 0.326 e. The van der Waals surface area contributed by atoms with Crippen molar-refractivity contribution in [3.63, 3.8) is 0 Å². The van der Waals surface area contributed by atoms with Gasteiger partial charge in [-0.1, -0.05) is 6.07 Å². The number of allylic oxidation sites excluding steroid dienone is 2. The maximum atomic E-state index is 14.9. The monoisotopic (exact) mass is 553 g/mol. The van der Waals surface area contributed by atoms with E-state index in [-0.39, 0.29) is 47.3 Å². The summed E-state index contributed by atoms with van der Waals surface area (Å²) in [7, 11) is 0. The summed E-state index contributed by atoms with van der Waals surface area (Å²) in [6.07, 6.45) is 3.72. The van der Waals surface area contributed by atoms with Crippen LogP contribution < -0.4 is 5.69 Å². The minimum absolute atomic E-state index is 0.0818. The topological polar surface area (TPSA) is 124 Å². The minimum Gasteiger partial charge on any atom is -0.337 e. The number of hydrogen-bond acceptors (Lipinski definition) is 5. The third-order valence-corrected chi connectivity index (χ3v) is 6.98. The fraction of sp³-hybridized carbons (Fsp3) is 0.222. The second-order valence-corrected chi connectivity index (χ2v) is 9.40. The molecule has 0 atom stereocenters. The van der Waals surface area contributed by atoms with Crippen molar-refractivity contribution in [1.29, 1.82) is 10.8 Å². The number of fused-ring (bicyclic) bond motifs is 1. The fourth-order valence-corrected chi connectivity index (χ4v) is 4.97. The maximum absolute atomic E-state index is 14.9. The molecule has 0 bridgehead atoms. The van der Waals surface area contributed by atoms with Gasteiger partial charge in [0.1, 0.15) is 5.52 Å². The van der Waals surface area contributed by atoms with E-state index in [1.165, 1.54) is 21.6 Å². The number of imidazole rings is 1. The Morgan fingerprint density at radius 3 is 2.35 bits per heavy atom. The standard InChI is InChI=1S/C27H23F4N7O2/c1-14-2-3-20-25(23(14)30)37(27(40)34-20)16-5-8-36(9-6-16)26(39)21-12-22(15(13-33)4-7-32)38(35-21)17-10-18(28)24(31)19(29)11-17/h2-4,7,10-13,16,32-33H,5-6,8-9H2,1H3,(H,34,40)/b15-4+,32-7?,33-13?. The molecule has 9 nitrogen and oxygen atoms in total. The molecule has 0 aliphatic carbocycles. The van der Waals surface area contributed by atoms with Gasteiger partial charge in [0.15, 0.2) is 29.0 Å². The molecule has 0 saturated carbocycles. The van der Waals surface area contributed by atoms with Crippen LogP contribution >= 0.6 is 0 Å². The highest BCUT2D eigenvalue weighted by Gasteiger charge is 2.30. The largest absolute Gasteiger partial charge is 0.337 e. The van der Waals surface area contributed by atoms with E-state index in [0.717, 1.165) is 17.1 Å². The first-order valence-electron chi connectivity index (χ1n) is 12.3. The number of rotatable bonds is 6. The second kappa shape index (κ2) is 10.4. The number of nitrogens with zero attached hydrogens (tertiary/aromatic N) is 4. The summed E-state index contributed by atoms with van der Waals surface area (Å²) >= 11 is 0. The Hall–Kier alpha value is -4.81. The summed E-state index contributed by atoms with van der Waals surface area (Å²) in [5.74, 6) is -5.59. The number of aromatic amines is 1. The van der Waals surface area contributed by atoms with Gasteiger partial charge in [-0.3, -0.25) is 9.36 Å². The van der Waals surface area contributed by atoms with Crippen molar-refractivity contribution >= 4 is 34.9 Å². The SMILES string of the molecule is Cc1ccc2[nH]c(=O)n(C3CCN(C(=O)c4cc(/C(C=N)=C/C=N)n(-c5cc(F)c(F)c(F)c5)n4)CC3)c2c1F. The van der Waals surface area contributed by atoms with Crippen LogP contribution in [0.3, 0.4) is 0 Å². The molecule has 1 amide bonds. The molecule has 3 N–H and O–H groups in total. The van der Waals surface area contributed by atoms with Crippen LogP contribution in [0.25, 0.3) is 22.3 Å². The first-order valence-corrected chi connectivity index (χ1v) is 12.3. The molecule has 3 heterocycles. The molecule has 1 saturated heterocycles. The van der Waals surface area contributed by atoms with Gasteiger partial charge in [0, 0.05) is 49.3 Å². The van der Waals surface area contributed by atoms with Crippen LogP contribution in [0.2, 0.25) is 0 Å². The summed E-state index contributed by atoms with van der Waals surface area (Å²) in [5.41, 5.74) is 0.400. The Morgan fingerprint density at radius 1 is 1.05 bits per heavy atom. The van der Waals surface area contributed by atoms with Crippen molar-refractivity contribution in [2.75, 3.05) is 13.1 Å². The van der Waals surface area contributed by atoms with Crippen molar-refractivity contribution in [3.8, 4) is 5.69 Å². The summed E-state index contributed by atoms with van der Waals surface area (Å²) in [5, 5.41) is 19.2. The average molecular weight is 554 g/mol. The lowest BCUT2D eigenvalue weighted by Gasteiger charge is -2.32. The lowest BCUT2D eigenvalue weighted by Crippen LogP contribution is -2.40. The molecular formula is C27H23F4N7O2. The molecule has 40 heavy (non-hydrogen) atoms. The number of aryl methyl sites for hydroxylation is 1. The number of benzene rings is 2. The van der Waals surface area contributed by atoms with Crippen molar-refractivity contribution in [3.05, 3.63) is 87.1 Å². The number of amides is 1. The van der Waals surface area contributed by atoms with Crippen molar-refractivity contribution < 1.29 is 22.4 Å². The molecule has 0 spiro atoms. The normalized spacial score (nSPS) is 14.6. The van der Waals surface area contributed by atoms with Gasteiger partial charge in [-0.15, -0.1) is 0 Å². The third-order valence-electron chi connectivity index (χ3n) is 6.98. The quantitative estimate of drug-likeness (QED) is 0.185. The summed E-state index contributed by atoms with van der Waals surface area (Å²) in [4.78, 5) is 30.2. The van der Waals surface area contributed by atoms with Crippen LogP contribution in [0.4, 0.5) is 17.6 Å². The molecule has 1 aliphatic rings. The first-order chi connectivity index (χ1) is 19.1. The van der Waals surface area contributed by atoms with E-state index in [0.29, 0.717) is 36.1 Å². The van der Waals surface area contributed by atoms with E-state index in [9.17, 15) is 27.2 Å². The molecule has 1 fully saturated rings. The highest BCUT2D eigenvalue weighted by molar-refractivity contribution is 6.12. The molecule has 0 radical (unpaired) electrons. The van der Waals surface area contributed by atoms with Crippen LogP contribution in [0.5, 0.6) is 0 Å². The number of piperidine rings is 1.